The molecule has 1 amide bonds. The number of para-hydroxylation sites is 2. The lowest BCUT2D eigenvalue weighted by Gasteiger charge is -2.37. The molecule has 1 aliphatic rings. The van der Waals surface area contributed by atoms with E-state index < -0.39 is 0 Å². The number of benzene rings is 1. The van der Waals surface area contributed by atoms with Crippen LogP contribution in [0.5, 0.6) is 0 Å². The van der Waals surface area contributed by atoms with Crippen molar-refractivity contribution in [3.05, 3.63) is 24.3 Å². The normalized spacial score (nSPS) is 23.2. The van der Waals surface area contributed by atoms with Crippen molar-refractivity contribution >= 4 is 17.3 Å². The summed E-state index contributed by atoms with van der Waals surface area (Å²) in [5.74, 6) is 0.0131. The lowest BCUT2D eigenvalue weighted by atomic mass is 10.1. The molecular weight excluding hydrogens is 278 g/mol. The molecular formula is C17H27N3O2. The van der Waals surface area contributed by atoms with Crippen molar-refractivity contribution in [3.63, 3.8) is 0 Å². The smallest absolute Gasteiger partial charge is 0.224 e. The summed E-state index contributed by atoms with van der Waals surface area (Å²) in [7, 11) is 0. The summed E-state index contributed by atoms with van der Waals surface area (Å²) in [6, 6.07) is 7.98. The average Bonchev–Trinajstić information content (AvgIpc) is 2.44. The van der Waals surface area contributed by atoms with Gasteiger partial charge in [0.1, 0.15) is 0 Å². The second kappa shape index (κ2) is 7.61. The van der Waals surface area contributed by atoms with Gasteiger partial charge in [-0.2, -0.15) is 0 Å². The van der Waals surface area contributed by atoms with Gasteiger partial charge in [0.2, 0.25) is 5.91 Å². The highest BCUT2D eigenvalue weighted by Gasteiger charge is 2.24. The number of amides is 1. The van der Waals surface area contributed by atoms with Crippen LogP contribution >= 0.6 is 0 Å². The summed E-state index contributed by atoms with van der Waals surface area (Å²) in [5.41, 5.74) is 7.62. The zero-order valence-electron chi connectivity index (χ0n) is 13.7. The van der Waals surface area contributed by atoms with E-state index in [9.17, 15) is 4.79 Å². The quantitative estimate of drug-likeness (QED) is 0.876. The number of hydrogen-bond donors (Lipinski definition) is 2. The number of carbonyl (C=O) groups is 1. The maximum Gasteiger partial charge on any atom is 0.224 e. The van der Waals surface area contributed by atoms with E-state index in [4.69, 9.17) is 10.5 Å². The first-order valence-electron chi connectivity index (χ1n) is 8.00. The second-order valence-electron chi connectivity index (χ2n) is 6.24. The van der Waals surface area contributed by atoms with Gasteiger partial charge in [-0.15, -0.1) is 0 Å². The van der Waals surface area contributed by atoms with E-state index in [1.165, 1.54) is 0 Å². The van der Waals surface area contributed by atoms with Crippen molar-refractivity contribution < 1.29 is 9.53 Å². The Kier molecular flexibility index (Phi) is 5.80. The van der Waals surface area contributed by atoms with Crippen LogP contribution in [0.25, 0.3) is 0 Å². The first kappa shape index (κ1) is 16.8. The minimum atomic E-state index is 0.0131. The minimum Gasteiger partial charge on any atom is -0.372 e. The zero-order valence-corrected chi connectivity index (χ0v) is 13.7. The maximum atomic E-state index is 12.1. The summed E-state index contributed by atoms with van der Waals surface area (Å²) in [5, 5.41) is 3.02. The molecule has 0 aromatic heterocycles. The molecule has 0 saturated carbocycles. The molecule has 0 bridgehead atoms. The van der Waals surface area contributed by atoms with Crippen molar-refractivity contribution in [1.29, 1.82) is 0 Å². The largest absolute Gasteiger partial charge is 0.372 e. The molecule has 122 valence electrons. The Balaban J connectivity index is 2.08. The van der Waals surface area contributed by atoms with Crippen LogP contribution in [0.4, 0.5) is 11.4 Å². The Morgan fingerprint density at radius 1 is 1.36 bits per heavy atom. The monoisotopic (exact) mass is 305 g/mol. The number of morpholine rings is 1. The van der Waals surface area contributed by atoms with Gasteiger partial charge in [-0.05, 0) is 39.3 Å². The predicted molar refractivity (Wildman–Crippen MR) is 90.2 cm³/mol. The molecule has 5 nitrogen and oxygen atoms in total. The van der Waals surface area contributed by atoms with Gasteiger partial charge >= 0.3 is 0 Å². The standard InChI is InChI=1S/C17H27N3O2/c1-12(18)8-9-17(21)19-15-6-4-5-7-16(15)20-10-13(2)22-14(3)11-20/h4-7,12-14H,8-11,18H2,1-3H3,(H,19,21). The number of nitrogens with zero attached hydrogens (tertiary/aromatic N) is 1. The molecule has 3 atom stereocenters. The molecule has 5 heteroatoms. The summed E-state index contributed by atoms with van der Waals surface area (Å²) in [6.45, 7) is 7.73. The maximum absolute atomic E-state index is 12.1. The Hall–Kier alpha value is -1.59. The van der Waals surface area contributed by atoms with Crippen LogP contribution in [0.1, 0.15) is 33.6 Å². The van der Waals surface area contributed by atoms with Crippen molar-refractivity contribution in [1.82, 2.24) is 0 Å². The van der Waals surface area contributed by atoms with Crippen LogP contribution in [0.2, 0.25) is 0 Å². The van der Waals surface area contributed by atoms with E-state index in [1.807, 2.05) is 31.2 Å². The van der Waals surface area contributed by atoms with Crippen molar-refractivity contribution in [2.75, 3.05) is 23.3 Å². The van der Waals surface area contributed by atoms with Crippen LogP contribution in [0, 0.1) is 0 Å². The summed E-state index contributed by atoms with van der Waals surface area (Å²) >= 11 is 0. The van der Waals surface area contributed by atoms with Crippen LogP contribution in [0.15, 0.2) is 24.3 Å². The number of nitrogens with two attached hydrogens (primary N) is 1. The lowest BCUT2D eigenvalue weighted by Crippen LogP contribution is -2.45. The summed E-state index contributed by atoms with van der Waals surface area (Å²) in [6.07, 6.45) is 1.51. The highest BCUT2D eigenvalue weighted by Crippen LogP contribution is 2.28. The van der Waals surface area contributed by atoms with Crippen LogP contribution < -0.4 is 16.0 Å². The van der Waals surface area contributed by atoms with Gasteiger partial charge < -0.3 is 20.7 Å². The van der Waals surface area contributed by atoms with Crippen molar-refractivity contribution in [2.24, 2.45) is 5.73 Å². The fraction of sp³-hybridized carbons (Fsp3) is 0.588. The fourth-order valence-electron chi connectivity index (χ4n) is 2.80. The lowest BCUT2D eigenvalue weighted by molar-refractivity contribution is -0.116. The predicted octanol–water partition coefficient (Wildman–Crippen LogP) is 2.37. The van der Waals surface area contributed by atoms with Crippen molar-refractivity contribution in [3.8, 4) is 0 Å². The third kappa shape index (κ3) is 4.71. The van der Waals surface area contributed by atoms with E-state index >= 15 is 0 Å². The fourth-order valence-corrected chi connectivity index (χ4v) is 2.80. The number of carbonyl (C=O) groups excluding carboxylic acids is 1. The molecule has 1 fully saturated rings. The van der Waals surface area contributed by atoms with Gasteiger partial charge in [-0.25, -0.2) is 0 Å². The van der Waals surface area contributed by atoms with Gasteiger partial charge in [-0.1, -0.05) is 12.1 Å². The third-order valence-electron chi connectivity index (χ3n) is 3.77. The van der Waals surface area contributed by atoms with Gasteiger partial charge in [0, 0.05) is 25.6 Å². The minimum absolute atomic E-state index is 0.0131. The molecule has 1 saturated heterocycles. The van der Waals surface area contributed by atoms with E-state index in [-0.39, 0.29) is 24.2 Å². The summed E-state index contributed by atoms with van der Waals surface area (Å²) in [4.78, 5) is 14.3. The van der Waals surface area contributed by atoms with Crippen LogP contribution in [0.3, 0.4) is 0 Å². The van der Waals surface area contributed by atoms with Gasteiger partial charge in [0.05, 0.1) is 23.6 Å². The molecule has 1 aliphatic heterocycles. The Morgan fingerprint density at radius 2 is 2.00 bits per heavy atom. The molecule has 2 rings (SSSR count). The molecule has 1 heterocycles. The van der Waals surface area contributed by atoms with Gasteiger partial charge in [0.15, 0.2) is 0 Å². The number of nitrogens with one attached hydrogen (secondary N) is 1. The Morgan fingerprint density at radius 3 is 2.64 bits per heavy atom. The third-order valence-corrected chi connectivity index (χ3v) is 3.77. The zero-order chi connectivity index (χ0) is 16.1. The number of ether oxygens (including phenoxy) is 1. The summed E-state index contributed by atoms with van der Waals surface area (Å²) < 4.78 is 5.78. The highest BCUT2D eigenvalue weighted by atomic mass is 16.5. The first-order chi connectivity index (χ1) is 10.5. The molecule has 0 aliphatic carbocycles. The topological polar surface area (TPSA) is 67.6 Å². The molecule has 22 heavy (non-hydrogen) atoms. The number of anilines is 2. The van der Waals surface area contributed by atoms with Gasteiger partial charge in [0.25, 0.3) is 0 Å². The van der Waals surface area contributed by atoms with Crippen molar-refractivity contribution in [2.45, 2.75) is 51.9 Å². The van der Waals surface area contributed by atoms with Gasteiger partial charge in [-0.3, -0.25) is 4.79 Å². The number of rotatable bonds is 5. The molecule has 3 unspecified atom stereocenters. The SMILES string of the molecule is CC(N)CCC(=O)Nc1ccccc1N1CC(C)OC(C)C1. The highest BCUT2D eigenvalue weighted by molar-refractivity contribution is 5.94. The molecule has 1 aromatic carbocycles. The molecule has 1 aromatic rings. The number of hydrogen-bond acceptors (Lipinski definition) is 4. The average molecular weight is 305 g/mol. The molecule has 0 radical (unpaired) electrons. The first-order valence-corrected chi connectivity index (χ1v) is 8.00. The van der Waals surface area contributed by atoms with E-state index in [0.717, 1.165) is 24.5 Å². The Labute approximate surface area is 132 Å². The van der Waals surface area contributed by atoms with Crippen LogP contribution in [-0.2, 0) is 9.53 Å². The second-order valence-corrected chi connectivity index (χ2v) is 6.24. The van der Waals surface area contributed by atoms with E-state index in [2.05, 4.69) is 24.1 Å². The van der Waals surface area contributed by atoms with E-state index in [1.54, 1.807) is 0 Å². The van der Waals surface area contributed by atoms with E-state index in [0.29, 0.717) is 12.8 Å². The molecule has 0 spiro atoms. The Bertz CT molecular complexity index is 494. The molecule has 3 N–H and O–H groups in total. The van der Waals surface area contributed by atoms with Crippen LogP contribution in [-0.4, -0.2) is 37.2 Å².